The van der Waals surface area contributed by atoms with Crippen LogP contribution in [0.15, 0.2) is 35.9 Å². The molecule has 0 amide bonds. The van der Waals surface area contributed by atoms with Gasteiger partial charge in [0.25, 0.3) is 0 Å². The molecular formula is C19H19IO4. The van der Waals surface area contributed by atoms with Crippen LogP contribution in [0.25, 0.3) is 0 Å². The molecule has 0 aliphatic heterocycles. The number of hydrogen-bond donors (Lipinski definition) is 0. The molecule has 1 aliphatic carbocycles. The SMILES string of the molecule is COC(=O)C(CC#Cc1ccccc1I)(CC=C1CC1)C(=O)OC. The number of esters is 2. The highest BCUT2D eigenvalue weighted by Gasteiger charge is 2.47. The van der Waals surface area contributed by atoms with Crippen LogP contribution in [-0.4, -0.2) is 26.2 Å². The first kappa shape index (κ1) is 18.5. The van der Waals surface area contributed by atoms with Crippen LogP contribution in [0.4, 0.5) is 0 Å². The van der Waals surface area contributed by atoms with E-state index in [4.69, 9.17) is 9.47 Å². The van der Waals surface area contributed by atoms with Crippen molar-refractivity contribution >= 4 is 34.5 Å². The van der Waals surface area contributed by atoms with Crippen molar-refractivity contribution in [3.8, 4) is 11.8 Å². The number of hydrogen-bond acceptors (Lipinski definition) is 4. The van der Waals surface area contributed by atoms with E-state index in [1.54, 1.807) is 0 Å². The molecule has 2 rings (SSSR count). The lowest BCUT2D eigenvalue weighted by atomic mass is 9.81. The quantitative estimate of drug-likeness (QED) is 0.232. The minimum Gasteiger partial charge on any atom is -0.468 e. The lowest BCUT2D eigenvalue weighted by molar-refractivity contribution is -0.168. The van der Waals surface area contributed by atoms with Gasteiger partial charge in [-0.05, 0) is 54.0 Å². The van der Waals surface area contributed by atoms with Gasteiger partial charge in [-0.1, -0.05) is 35.6 Å². The van der Waals surface area contributed by atoms with Crippen LogP contribution < -0.4 is 0 Å². The lowest BCUT2D eigenvalue weighted by Gasteiger charge is -2.24. The van der Waals surface area contributed by atoms with Gasteiger partial charge in [0.2, 0.25) is 0 Å². The Labute approximate surface area is 155 Å². The monoisotopic (exact) mass is 438 g/mol. The summed E-state index contributed by atoms with van der Waals surface area (Å²) in [7, 11) is 2.55. The molecule has 1 aliphatic rings. The highest BCUT2D eigenvalue weighted by molar-refractivity contribution is 14.1. The van der Waals surface area contributed by atoms with Crippen LogP contribution in [0.2, 0.25) is 0 Å². The molecule has 0 aromatic heterocycles. The van der Waals surface area contributed by atoms with Crippen molar-refractivity contribution in [3.63, 3.8) is 0 Å². The molecule has 4 nitrogen and oxygen atoms in total. The minimum atomic E-state index is -1.41. The molecule has 1 aromatic carbocycles. The fourth-order valence-electron chi connectivity index (χ4n) is 2.30. The van der Waals surface area contributed by atoms with Crippen LogP contribution in [0.1, 0.15) is 31.2 Å². The third kappa shape index (κ3) is 4.38. The molecule has 126 valence electrons. The normalized spacial score (nSPS) is 12.7. The largest absolute Gasteiger partial charge is 0.468 e. The van der Waals surface area contributed by atoms with Crippen molar-refractivity contribution in [2.24, 2.45) is 5.41 Å². The Kier molecular flexibility index (Phi) is 6.44. The summed E-state index contributed by atoms with van der Waals surface area (Å²) in [5.41, 5.74) is 0.701. The summed E-state index contributed by atoms with van der Waals surface area (Å²) in [5.74, 6) is 4.79. The molecule has 5 heteroatoms. The third-order valence-corrected chi connectivity index (χ3v) is 4.86. The second kappa shape index (κ2) is 8.34. The van der Waals surface area contributed by atoms with Crippen molar-refractivity contribution in [2.75, 3.05) is 14.2 Å². The molecule has 24 heavy (non-hydrogen) atoms. The zero-order valence-electron chi connectivity index (χ0n) is 13.7. The van der Waals surface area contributed by atoms with E-state index in [0.29, 0.717) is 0 Å². The number of benzene rings is 1. The standard InChI is InChI=1S/C19H19IO4/c1-23-17(21)19(18(22)24-2,13-11-14-9-10-14)12-5-7-15-6-3-4-8-16(15)20/h3-4,6,8,11H,9-10,12-13H2,1-2H3. The molecule has 0 heterocycles. The van der Waals surface area contributed by atoms with Gasteiger partial charge in [-0.2, -0.15) is 0 Å². The molecule has 1 fully saturated rings. The van der Waals surface area contributed by atoms with Crippen LogP contribution in [0, 0.1) is 20.8 Å². The average molecular weight is 438 g/mol. The summed E-state index contributed by atoms with van der Waals surface area (Å²) in [5, 5.41) is 0. The molecule has 0 atom stereocenters. The summed E-state index contributed by atoms with van der Waals surface area (Å²) in [6, 6.07) is 7.69. The summed E-state index contributed by atoms with van der Waals surface area (Å²) < 4.78 is 10.8. The zero-order valence-corrected chi connectivity index (χ0v) is 15.9. The van der Waals surface area contributed by atoms with E-state index in [-0.39, 0.29) is 12.8 Å². The molecular weight excluding hydrogens is 419 g/mol. The number of rotatable bonds is 5. The van der Waals surface area contributed by atoms with E-state index in [1.165, 1.54) is 19.8 Å². The first-order valence-corrected chi connectivity index (χ1v) is 8.69. The topological polar surface area (TPSA) is 52.6 Å². The maximum atomic E-state index is 12.4. The van der Waals surface area contributed by atoms with Crippen LogP contribution >= 0.6 is 22.6 Å². The summed E-state index contributed by atoms with van der Waals surface area (Å²) in [4.78, 5) is 24.7. The Balaban J connectivity index is 2.30. The highest BCUT2D eigenvalue weighted by Crippen LogP contribution is 2.35. The number of carbonyl (C=O) groups is 2. The molecule has 0 bridgehead atoms. The molecule has 0 unspecified atom stereocenters. The second-order valence-electron chi connectivity index (χ2n) is 5.59. The minimum absolute atomic E-state index is 0.0566. The van der Waals surface area contributed by atoms with Gasteiger partial charge >= 0.3 is 11.9 Å². The molecule has 0 saturated heterocycles. The number of carbonyl (C=O) groups excluding carboxylic acids is 2. The Hall–Kier alpha value is -1.81. The Morgan fingerprint density at radius 3 is 2.38 bits per heavy atom. The second-order valence-corrected chi connectivity index (χ2v) is 6.75. The van der Waals surface area contributed by atoms with E-state index in [0.717, 1.165) is 22.0 Å². The maximum absolute atomic E-state index is 12.4. The van der Waals surface area contributed by atoms with Crippen molar-refractivity contribution in [3.05, 3.63) is 45.0 Å². The van der Waals surface area contributed by atoms with E-state index >= 15 is 0 Å². The van der Waals surface area contributed by atoms with Crippen molar-refractivity contribution < 1.29 is 19.1 Å². The predicted molar refractivity (Wildman–Crippen MR) is 99.1 cm³/mol. The fraction of sp³-hybridized carbons (Fsp3) is 0.368. The van der Waals surface area contributed by atoms with Gasteiger partial charge in [0.15, 0.2) is 5.41 Å². The van der Waals surface area contributed by atoms with E-state index in [1.807, 2.05) is 30.3 Å². The highest BCUT2D eigenvalue weighted by atomic mass is 127. The molecule has 0 N–H and O–H groups in total. The Morgan fingerprint density at radius 1 is 1.21 bits per heavy atom. The summed E-state index contributed by atoms with van der Waals surface area (Å²) in [6.07, 6.45) is 4.28. The van der Waals surface area contributed by atoms with Gasteiger partial charge in [-0.25, -0.2) is 0 Å². The Morgan fingerprint density at radius 2 is 1.83 bits per heavy atom. The summed E-state index contributed by atoms with van der Waals surface area (Å²) in [6.45, 7) is 0. The molecule has 1 aromatic rings. The van der Waals surface area contributed by atoms with Gasteiger partial charge in [0.05, 0.1) is 14.2 Å². The smallest absolute Gasteiger partial charge is 0.324 e. The summed E-state index contributed by atoms with van der Waals surface area (Å²) >= 11 is 2.20. The average Bonchev–Trinajstić information content (AvgIpc) is 3.42. The first-order chi connectivity index (χ1) is 11.5. The van der Waals surface area contributed by atoms with Crippen molar-refractivity contribution in [2.45, 2.75) is 25.7 Å². The van der Waals surface area contributed by atoms with Crippen molar-refractivity contribution in [1.82, 2.24) is 0 Å². The first-order valence-electron chi connectivity index (χ1n) is 7.61. The predicted octanol–water partition coefficient (Wildman–Crippen LogP) is 3.48. The van der Waals surface area contributed by atoms with Crippen LogP contribution in [0.5, 0.6) is 0 Å². The number of halogens is 1. The Bertz CT molecular complexity index is 702. The fourth-order valence-corrected chi connectivity index (χ4v) is 2.83. The van der Waals surface area contributed by atoms with E-state index < -0.39 is 17.4 Å². The molecule has 0 spiro atoms. The van der Waals surface area contributed by atoms with Gasteiger partial charge in [0, 0.05) is 15.6 Å². The van der Waals surface area contributed by atoms with Gasteiger partial charge in [-0.3, -0.25) is 9.59 Å². The number of allylic oxidation sites excluding steroid dienone is 2. The van der Waals surface area contributed by atoms with Gasteiger partial charge in [0.1, 0.15) is 0 Å². The van der Waals surface area contributed by atoms with E-state index in [9.17, 15) is 9.59 Å². The van der Waals surface area contributed by atoms with Crippen LogP contribution in [-0.2, 0) is 19.1 Å². The van der Waals surface area contributed by atoms with Gasteiger partial charge < -0.3 is 9.47 Å². The molecule has 0 radical (unpaired) electrons. The maximum Gasteiger partial charge on any atom is 0.324 e. The zero-order chi connectivity index (χ0) is 17.6. The third-order valence-electron chi connectivity index (χ3n) is 3.92. The van der Waals surface area contributed by atoms with Crippen LogP contribution in [0.3, 0.4) is 0 Å². The molecule has 1 saturated carbocycles. The van der Waals surface area contributed by atoms with Gasteiger partial charge in [-0.15, -0.1) is 0 Å². The lowest BCUT2D eigenvalue weighted by Crippen LogP contribution is -2.40. The van der Waals surface area contributed by atoms with Crippen molar-refractivity contribution in [1.29, 1.82) is 0 Å². The number of ether oxygens (including phenoxy) is 2. The number of methoxy groups -OCH3 is 2. The van der Waals surface area contributed by atoms with E-state index in [2.05, 4.69) is 34.4 Å².